The summed E-state index contributed by atoms with van der Waals surface area (Å²) in [5.74, 6) is 0. The van der Waals surface area contributed by atoms with E-state index in [9.17, 15) is 25.0 Å². The lowest BCUT2D eigenvalue weighted by molar-refractivity contribution is -0.219. The highest BCUT2D eigenvalue weighted by Crippen LogP contribution is 2.41. The first-order valence-electron chi connectivity index (χ1n) is 8.36. The van der Waals surface area contributed by atoms with E-state index in [1.54, 1.807) is 0 Å². The third kappa shape index (κ3) is 5.92. The van der Waals surface area contributed by atoms with Crippen molar-refractivity contribution < 1.29 is 44.4 Å². The molecule has 3 rings (SSSR count). The predicted octanol–water partition coefficient (Wildman–Crippen LogP) is -0.364. The Balaban J connectivity index is 0.000000207. The Morgan fingerprint density at radius 3 is 1.25 bits per heavy atom. The van der Waals surface area contributed by atoms with Crippen LogP contribution in [-0.4, -0.2) is 71.9 Å². The highest BCUT2D eigenvalue weighted by atomic mass is 31.2. The zero-order chi connectivity index (χ0) is 20.9. The molecule has 0 heterocycles. The van der Waals surface area contributed by atoms with Crippen LogP contribution in [0.25, 0.3) is 11.1 Å². The van der Waals surface area contributed by atoms with Gasteiger partial charge in [0.1, 0.15) is 36.6 Å². The van der Waals surface area contributed by atoms with E-state index >= 15 is 0 Å². The molecule has 1 aliphatic rings. The molecule has 0 spiro atoms. The Hall–Kier alpha value is -1.65. The van der Waals surface area contributed by atoms with E-state index in [-0.39, 0.29) is 0 Å². The number of hydrogen-bond donors (Lipinski definition) is 7. The fourth-order valence-corrected chi connectivity index (χ4v) is 3.31. The van der Waals surface area contributed by atoms with Crippen molar-refractivity contribution in [2.24, 2.45) is 0 Å². The van der Waals surface area contributed by atoms with Crippen LogP contribution in [0.2, 0.25) is 0 Å². The summed E-state index contributed by atoms with van der Waals surface area (Å²) in [5.41, 5.74) is 2.55. The van der Waals surface area contributed by atoms with Gasteiger partial charge >= 0.3 is 7.82 Å². The summed E-state index contributed by atoms with van der Waals surface area (Å²) in [6, 6.07) is 20.8. The van der Waals surface area contributed by atoms with E-state index in [0.717, 1.165) is 0 Å². The Morgan fingerprint density at radius 1 is 0.607 bits per heavy atom. The minimum atomic E-state index is -5.01. The molecule has 0 saturated heterocycles. The van der Waals surface area contributed by atoms with Crippen LogP contribution in [0.1, 0.15) is 0 Å². The summed E-state index contributed by atoms with van der Waals surface area (Å²) in [4.78, 5) is 17.0. The number of phosphoric ester groups is 1. The lowest BCUT2D eigenvalue weighted by Crippen LogP contribution is -2.64. The van der Waals surface area contributed by atoms with Crippen LogP contribution >= 0.6 is 7.82 Å². The van der Waals surface area contributed by atoms with E-state index in [0.29, 0.717) is 0 Å². The molecule has 0 aromatic heterocycles. The third-order valence-corrected chi connectivity index (χ3v) is 4.73. The Morgan fingerprint density at radius 2 is 0.929 bits per heavy atom. The Bertz CT molecular complexity index is 714. The first kappa shape index (κ1) is 22.6. The smallest absolute Gasteiger partial charge is 0.387 e. The van der Waals surface area contributed by atoms with E-state index in [4.69, 9.17) is 14.9 Å². The van der Waals surface area contributed by atoms with Crippen molar-refractivity contribution in [3.8, 4) is 11.1 Å². The molecule has 10 heteroatoms. The average Bonchev–Trinajstić information content (AvgIpc) is 2.69. The molecule has 154 valence electrons. The quantitative estimate of drug-likeness (QED) is 0.332. The monoisotopic (exact) mass is 414 g/mol. The Labute approximate surface area is 161 Å². The molecule has 2 aromatic rings. The van der Waals surface area contributed by atoms with E-state index in [1.807, 2.05) is 12.1 Å². The number of hydrogen-bond acceptors (Lipinski definition) is 7. The van der Waals surface area contributed by atoms with Gasteiger partial charge < -0.3 is 35.3 Å². The van der Waals surface area contributed by atoms with Gasteiger partial charge in [-0.1, -0.05) is 60.7 Å². The second-order valence-electron chi connectivity index (χ2n) is 6.25. The van der Waals surface area contributed by atoms with Crippen molar-refractivity contribution in [2.75, 3.05) is 0 Å². The lowest BCUT2D eigenvalue weighted by Gasteiger charge is -2.41. The van der Waals surface area contributed by atoms with Gasteiger partial charge in [0.15, 0.2) is 0 Å². The van der Waals surface area contributed by atoms with Gasteiger partial charge in [0, 0.05) is 0 Å². The lowest BCUT2D eigenvalue weighted by atomic mass is 9.85. The number of benzene rings is 2. The van der Waals surface area contributed by atoms with Crippen molar-refractivity contribution in [1.82, 2.24) is 0 Å². The maximum absolute atomic E-state index is 10.5. The van der Waals surface area contributed by atoms with Crippen molar-refractivity contribution in [1.29, 1.82) is 0 Å². The highest BCUT2D eigenvalue weighted by Gasteiger charge is 2.50. The van der Waals surface area contributed by atoms with Crippen molar-refractivity contribution in [3.05, 3.63) is 60.7 Å². The number of aliphatic hydroxyl groups excluding tert-OH is 5. The first-order chi connectivity index (χ1) is 13.1. The Kier molecular flexibility index (Phi) is 7.85. The van der Waals surface area contributed by atoms with E-state index in [1.165, 1.54) is 11.1 Å². The topological polar surface area (TPSA) is 168 Å². The summed E-state index contributed by atoms with van der Waals surface area (Å²) < 4.78 is 14.5. The van der Waals surface area contributed by atoms with Gasteiger partial charge in [0.25, 0.3) is 0 Å². The summed E-state index contributed by atoms with van der Waals surface area (Å²) in [6.07, 6.45) is -11.3. The maximum atomic E-state index is 10.5. The standard InChI is InChI=1S/C12H10.C6H13O9P/c1-3-7-11(8-4-1)12-9-5-2-6-10-12;7-1-2(8)4(10)6(5(11)3(1)9)15-16(12,13)14/h1-10H;1-11H,(H2,12,13,14)/t;1?,2-,3+,4-,5-,6?/m.0/s1. The van der Waals surface area contributed by atoms with E-state index in [2.05, 4.69) is 53.1 Å². The molecule has 1 aliphatic carbocycles. The normalized spacial score (nSPS) is 30.2. The molecule has 6 atom stereocenters. The molecule has 7 N–H and O–H groups in total. The molecule has 1 saturated carbocycles. The largest absolute Gasteiger partial charge is 0.470 e. The van der Waals surface area contributed by atoms with E-state index < -0.39 is 44.4 Å². The molecule has 0 radical (unpaired) electrons. The van der Waals surface area contributed by atoms with Gasteiger partial charge in [-0.25, -0.2) is 4.57 Å². The number of aliphatic hydroxyl groups is 5. The molecular weight excluding hydrogens is 391 g/mol. The second kappa shape index (κ2) is 9.71. The zero-order valence-corrected chi connectivity index (χ0v) is 15.5. The van der Waals surface area contributed by atoms with Crippen LogP contribution in [0.3, 0.4) is 0 Å². The van der Waals surface area contributed by atoms with Gasteiger partial charge in [-0.2, -0.15) is 0 Å². The van der Waals surface area contributed by atoms with Gasteiger partial charge in [-0.05, 0) is 11.1 Å². The molecule has 28 heavy (non-hydrogen) atoms. The summed E-state index contributed by atoms with van der Waals surface area (Å²) in [5, 5.41) is 46.1. The van der Waals surface area contributed by atoms with Crippen LogP contribution in [-0.2, 0) is 9.09 Å². The molecule has 2 aromatic carbocycles. The van der Waals surface area contributed by atoms with Gasteiger partial charge in [-0.3, -0.25) is 4.52 Å². The SMILES string of the molecule is O=P(O)(O)OC1[C@@H](O)[C@H](O)C(O)[C@H](O)[C@@H]1O.c1ccc(-c2ccccc2)cc1. The summed E-state index contributed by atoms with van der Waals surface area (Å²) in [7, 11) is -5.01. The van der Waals surface area contributed by atoms with Gasteiger partial charge in [-0.15, -0.1) is 0 Å². The molecule has 0 aliphatic heterocycles. The highest BCUT2D eigenvalue weighted by molar-refractivity contribution is 7.46. The first-order valence-corrected chi connectivity index (χ1v) is 9.89. The second-order valence-corrected chi connectivity index (χ2v) is 7.44. The molecule has 0 amide bonds. The van der Waals surface area contributed by atoms with Crippen LogP contribution in [0.5, 0.6) is 0 Å². The van der Waals surface area contributed by atoms with Crippen LogP contribution < -0.4 is 0 Å². The minimum absolute atomic E-state index is 1.28. The molecular formula is C18H23O9P. The van der Waals surface area contributed by atoms with Crippen LogP contribution in [0, 0.1) is 0 Å². The predicted molar refractivity (Wildman–Crippen MR) is 98.8 cm³/mol. The molecule has 1 fully saturated rings. The summed E-state index contributed by atoms with van der Waals surface area (Å²) in [6.45, 7) is 0. The molecule has 0 bridgehead atoms. The van der Waals surface area contributed by atoms with Gasteiger partial charge in [0.05, 0.1) is 0 Å². The fourth-order valence-electron chi connectivity index (χ4n) is 2.74. The van der Waals surface area contributed by atoms with Crippen molar-refractivity contribution in [3.63, 3.8) is 0 Å². The summed E-state index contributed by atoms with van der Waals surface area (Å²) >= 11 is 0. The number of rotatable bonds is 3. The average molecular weight is 414 g/mol. The fraction of sp³-hybridized carbons (Fsp3) is 0.333. The zero-order valence-electron chi connectivity index (χ0n) is 14.6. The van der Waals surface area contributed by atoms with Crippen molar-refractivity contribution in [2.45, 2.75) is 36.6 Å². The molecule has 9 nitrogen and oxygen atoms in total. The number of phosphoric acid groups is 1. The minimum Gasteiger partial charge on any atom is -0.387 e. The molecule has 2 unspecified atom stereocenters. The van der Waals surface area contributed by atoms with Crippen LogP contribution in [0.15, 0.2) is 60.7 Å². The van der Waals surface area contributed by atoms with Gasteiger partial charge in [0.2, 0.25) is 0 Å². The van der Waals surface area contributed by atoms with Crippen LogP contribution in [0.4, 0.5) is 0 Å². The maximum Gasteiger partial charge on any atom is 0.470 e. The third-order valence-electron chi connectivity index (χ3n) is 4.21. The van der Waals surface area contributed by atoms with Crippen molar-refractivity contribution >= 4 is 7.82 Å².